The van der Waals surface area contributed by atoms with Crippen LogP contribution in [0, 0.1) is 0 Å². The fourth-order valence-corrected chi connectivity index (χ4v) is 3.48. The molecule has 0 spiro atoms. The first-order valence-electron chi connectivity index (χ1n) is 6.34. The van der Waals surface area contributed by atoms with E-state index in [1.54, 1.807) is 12.1 Å². The fraction of sp³-hybridized carbons (Fsp3) is 0.538. The third-order valence-electron chi connectivity index (χ3n) is 3.17. The molecule has 1 aliphatic rings. The van der Waals surface area contributed by atoms with E-state index in [9.17, 15) is 4.79 Å². The lowest BCUT2D eigenvalue weighted by Gasteiger charge is -2.19. The van der Waals surface area contributed by atoms with Crippen molar-refractivity contribution in [2.24, 2.45) is 0 Å². The molecule has 1 fully saturated rings. The summed E-state index contributed by atoms with van der Waals surface area (Å²) in [5, 5.41) is 3.64. The summed E-state index contributed by atoms with van der Waals surface area (Å²) < 4.78 is 0. The maximum absolute atomic E-state index is 12.0. The van der Waals surface area contributed by atoms with Crippen molar-refractivity contribution in [3.8, 4) is 0 Å². The molecule has 2 unspecified atom stereocenters. The number of nitrogens with zero attached hydrogens (tertiary/aromatic N) is 1. The van der Waals surface area contributed by atoms with Crippen molar-refractivity contribution in [1.29, 1.82) is 0 Å². The monoisotopic (exact) mass is 301 g/mol. The van der Waals surface area contributed by atoms with E-state index < -0.39 is 0 Å². The van der Waals surface area contributed by atoms with Crippen LogP contribution in [0.25, 0.3) is 0 Å². The third kappa shape index (κ3) is 4.28. The maximum atomic E-state index is 12.0. The van der Waals surface area contributed by atoms with Gasteiger partial charge in [-0.15, -0.1) is 12.4 Å². The van der Waals surface area contributed by atoms with Crippen molar-refractivity contribution in [1.82, 2.24) is 10.3 Å². The van der Waals surface area contributed by atoms with E-state index in [0.29, 0.717) is 16.6 Å². The van der Waals surface area contributed by atoms with Crippen molar-refractivity contribution in [2.45, 2.75) is 37.5 Å². The van der Waals surface area contributed by atoms with Crippen molar-refractivity contribution >= 4 is 35.8 Å². The van der Waals surface area contributed by atoms with Gasteiger partial charge in [-0.2, -0.15) is 11.8 Å². The Kier molecular flexibility index (Phi) is 6.45. The van der Waals surface area contributed by atoms with Gasteiger partial charge in [0.05, 0.1) is 11.9 Å². The molecular weight excluding hydrogens is 282 g/mol. The summed E-state index contributed by atoms with van der Waals surface area (Å²) >= 11 is 1.93. The number of aromatic nitrogens is 1. The van der Waals surface area contributed by atoms with Gasteiger partial charge in [0.25, 0.3) is 5.91 Å². The summed E-state index contributed by atoms with van der Waals surface area (Å²) in [6, 6.07) is 3.65. The molecule has 106 valence electrons. The standard InChI is InChI=1S/C13H19N3OS.ClH/c1-2-18-12-5-3-4-10(12)16-13(17)11-7-6-9(14)8-15-11;/h6-8,10,12H,2-5,14H2,1H3,(H,16,17);1H. The van der Waals surface area contributed by atoms with Gasteiger partial charge in [0.1, 0.15) is 5.69 Å². The predicted octanol–water partition coefficient (Wildman–Crippen LogP) is 2.49. The molecule has 1 aromatic rings. The number of nitrogens with one attached hydrogen (secondary N) is 1. The first-order chi connectivity index (χ1) is 8.70. The van der Waals surface area contributed by atoms with Gasteiger partial charge < -0.3 is 11.1 Å². The van der Waals surface area contributed by atoms with Gasteiger partial charge in [-0.1, -0.05) is 13.3 Å². The van der Waals surface area contributed by atoms with Crippen molar-refractivity contribution in [3.05, 3.63) is 24.0 Å². The number of anilines is 1. The number of carbonyl (C=O) groups is 1. The van der Waals surface area contributed by atoms with Gasteiger partial charge in [0.2, 0.25) is 0 Å². The largest absolute Gasteiger partial charge is 0.397 e. The Hall–Kier alpha value is -0.940. The van der Waals surface area contributed by atoms with Gasteiger partial charge in [-0.3, -0.25) is 4.79 Å². The number of rotatable bonds is 4. The van der Waals surface area contributed by atoms with E-state index in [-0.39, 0.29) is 24.4 Å². The Balaban J connectivity index is 0.00000180. The lowest BCUT2D eigenvalue weighted by molar-refractivity contribution is 0.0933. The van der Waals surface area contributed by atoms with Crippen LogP contribution in [0.2, 0.25) is 0 Å². The number of hydrogen-bond donors (Lipinski definition) is 2. The molecule has 1 aromatic heterocycles. The SMILES string of the molecule is CCSC1CCCC1NC(=O)c1ccc(N)cn1.Cl. The average Bonchev–Trinajstić information content (AvgIpc) is 2.78. The maximum Gasteiger partial charge on any atom is 0.270 e. The van der Waals surface area contributed by atoms with Crippen molar-refractivity contribution in [2.75, 3.05) is 11.5 Å². The Bertz CT molecular complexity index is 413. The van der Waals surface area contributed by atoms with Crippen LogP contribution in [0.3, 0.4) is 0 Å². The zero-order valence-electron chi connectivity index (χ0n) is 11.0. The third-order valence-corrected chi connectivity index (χ3v) is 4.49. The normalized spacial score (nSPS) is 21.7. The highest BCUT2D eigenvalue weighted by Crippen LogP contribution is 2.29. The van der Waals surface area contributed by atoms with E-state index in [1.165, 1.54) is 19.0 Å². The highest BCUT2D eigenvalue weighted by molar-refractivity contribution is 7.99. The summed E-state index contributed by atoms with van der Waals surface area (Å²) in [7, 11) is 0. The number of amides is 1. The molecule has 19 heavy (non-hydrogen) atoms. The molecule has 2 atom stereocenters. The zero-order chi connectivity index (χ0) is 13.0. The smallest absolute Gasteiger partial charge is 0.270 e. The summed E-state index contributed by atoms with van der Waals surface area (Å²) in [6.45, 7) is 2.16. The van der Waals surface area contributed by atoms with Gasteiger partial charge in [-0.25, -0.2) is 4.98 Å². The Morgan fingerprint density at radius 3 is 2.95 bits per heavy atom. The number of nitrogen functional groups attached to an aromatic ring is 1. The number of hydrogen-bond acceptors (Lipinski definition) is 4. The number of nitrogens with two attached hydrogens (primary N) is 1. The van der Waals surface area contributed by atoms with Crippen LogP contribution in [-0.2, 0) is 0 Å². The Morgan fingerprint density at radius 1 is 1.53 bits per heavy atom. The molecule has 0 aliphatic heterocycles. The Morgan fingerprint density at radius 2 is 2.32 bits per heavy atom. The summed E-state index contributed by atoms with van der Waals surface area (Å²) in [5.41, 5.74) is 6.57. The first kappa shape index (κ1) is 16.1. The van der Waals surface area contributed by atoms with Gasteiger partial charge >= 0.3 is 0 Å². The minimum atomic E-state index is -0.0939. The molecule has 0 saturated heterocycles. The first-order valence-corrected chi connectivity index (χ1v) is 7.39. The lowest BCUT2D eigenvalue weighted by atomic mass is 10.2. The average molecular weight is 302 g/mol. The molecule has 4 nitrogen and oxygen atoms in total. The fourth-order valence-electron chi connectivity index (χ4n) is 2.29. The molecule has 1 saturated carbocycles. The van der Waals surface area contributed by atoms with Crippen LogP contribution < -0.4 is 11.1 Å². The summed E-state index contributed by atoms with van der Waals surface area (Å²) in [4.78, 5) is 16.1. The molecule has 0 radical (unpaired) electrons. The molecule has 2 rings (SSSR count). The molecule has 1 amide bonds. The number of pyridine rings is 1. The quantitative estimate of drug-likeness (QED) is 0.896. The lowest BCUT2D eigenvalue weighted by Crippen LogP contribution is -2.39. The van der Waals surface area contributed by atoms with Crippen molar-refractivity contribution < 1.29 is 4.79 Å². The predicted molar refractivity (Wildman–Crippen MR) is 82.9 cm³/mol. The second-order valence-electron chi connectivity index (χ2n) is 4.48. The minimum Gasteiger partial charge on any atom is -0.397 e. The zero-order valence-corrected chi connectivity index (χ0v) is 12.6. The molecule has 3 N–H and O–H groups in total. The van der Waals surface area contributed by atoms with Crippen molar-refractivity contribution in [3.63, 3.8) is 0 Å². The van der Waals surface area contributed by atoms with Gasteiger partial charge in [0.15, 0.2) is 0 Å². The molecular formula is C13H20ClN3OS. The van der Waals surface area contributed by atoms with Gasteiger partial charge in [0, 0.05) is 11.3 Å². The van der Waals surface area contributed by atoms with E-state index in [2.05, 4.69) is 17.2 Å². The second-order valence-corrected chi connectivity index (χ2v) is 6.00. The van der Waals surface area contributed by atoms with E-state index in [4.69, 9.17) is 5.73 Å². The topological polar surface area (TPSA) is 68.0 Å². The number of thioether (sulfide) groups is 1. The molecule has 0 aromatic carbocycles. The van der Waals surface area contributed by atoms with Crippen LogP contribution >= 0.6 is 24.2 Å². The van der Waals surface area contributed by atoms with Crippen LogP contribution in [0.5, 0.6) is 0 Å². The molecule has 1 heterocycles. The van der Waals surface area contributed by atoms with Gasteiger partial charge in [-0.05, 0) is 30.7 Å². The number of carbonyl (C=O) groups excluding carboxylic acids is 1. The highest BCUT2D eigenvalue weighted by atomic mass is 35.5. The van der Waals surface area contributed by atoms with Crippen LogP contribution in [0.4, 0.5) is 5.69 Å². The highest BCUT2D eigenvalue weighted by Gasteiger charge is 2.28. The van der Waals surface area contributed by atoms with Crippen LogP contribution in [-0.4, -0.2) is 27.9 Å². The molecule has 0 bridgehead atoms. The minimum absolute atomic E-state index is 0. The summed E-state index contributed by atoms with van der Waals surface area (Å²) in [6.07, 6.45) is 4.97. The van der Waals surface area contributed by atoms with E-state index in [1.807, 2.05) is 11.8 Å². The Labute approximate surface area is 124 Å². The summed E-state index contributed by atoms with van der Waals surface area (Å²) in [5.74, 6) is 1.00. The van der Waals surface area contributed by atoms with Crippen LogP contribution in [0.15, 0.2) is 18.3 Å². The molecule has 1 aliphatic carbocycles. The number of halogens is 1. The molecule has 6 heteroatoms. The van der Waals surface area contributed by atoms with E-state index in [0.717, 1.165) is 12.2 Å². The van der Waals surface area contributed by atoms with E-state index >= 15 is 0 Å². The second kappa shape index (κ2) is 7.60. The van der Waals surface area contributed by atoms with Crippen LogP contribution in [0.1, 0.15) is 36.7 Å².